The molecule has 3 nitrogen and oxygen atoms in total. The number of rotatable bonds is 5. The van der Waals surface area contributed by atoms with Crippen molar-refractivity contribution in [3.63, 3.8) is 0 Å². The highest BCUT2D eigenvalue weighted by atomic mass is 79.9. The summed E-state index contributed by atoms with van der Waals surface area (Å²) in [5.74, 6) is -0.472. The summed E-state index contributed by atoms with van der Waals surface area (Å²) in [5, 5.41) is 0. The number of benzene rings is 1. The second-order valence-corrected chi connectivity index (χ2v) is 4.14. The van der Waals surface area contributed by atoms with Gasteiger partial charge in [-0.15, -0.1) is 0 Å². The summed E-state index contributed by atoms with van der Waals surface area (Å²) in [4.78, 5) is 21.4. The van der Waals surface area contributed by atoms with Gasteiger partial charge in [-0.25, -0.2) is 0 Å². The minimum Gasteiger partial charge on any atom is -0.434 e. The highest BCUT2D eigenvalue weighted by Gasteiger charge is 2.20. The van der Waals surface area contributed by atoms with E-state index in [1.807, 2.05) is 0 Å². The second kappa shape index (κ2) is 5.86. The third-order valence-corrected chi connectivity index (χ3v) is 3.20. The van der Waals surface area contributed by atoms with Crippen LogP contribution in [0.4, 0.5) is 8.78 Å². The maximum absolute atomic E-state index is 12.1. The van der Waals surface area contributed by atoms with Crippen molar-refractivity contribution in [1.82, 2.24) is 0 Å². The second-order valence-electron chi connectivity index (χ2n) is 3.23. The van der Waals surface area contributed by atoms with Crippen LogP contribution in [0.15, 0.2) is 18.2 Å². The van der Waals surface area contributed by atoms with Crippen molar-refractivity contribution in [2.45, 2.75) is 18.4 Å². The predicted molar refractivity (Wildman–Crippen MR) is 60.8 cm³/mol. The topological polar surface area (TPSA) is 43.4 Å². The monoisotopic (exact) mass is 306 g/mol. The molecule has 0 fully saturated rings. The van der Waals surface area contributed by atoms with E-state index >= 15 is 0 Å². The number of Topliss-reactive ketones (excluding diaryl/α,β-unsaturated/α-hetero) is 1. The van der Waals surface area contributed by atoms with Gasteiger partial charge in [-0.05, 0) is 18.6 Å². The number of aldehydes is 1. The molecule has 0 aliphatic rings. The molecule has 6 heteroatoms. The molecule has 1 rings (SSSR count). The molecule has 0 N–H and O–H groups in total. The Hall–Kier alpha value is -1.30. The van der Waals surface area contributed by atoms with Crippen molar-refractivity contribution < 1.29 is 23.1 Å². The zero-order chi connectivity index (χ0) is 13.0. The van der Waals surface area contributed by atoms with Gasteiger partial charge in [0.25, 0.3) is 0 Å². The molecule has 17 heavy (non-hydrogen) atoms. The van der Waals surface area contributed by atoms with Crippen molar-refractivity contribution in [2.24, 2.45) is 0 Å². The average molecular weight is 307 g/mol. The van der Waals surface area contributed by atoms with Gasteiger partial charge < -0.3 is 4.74 Å². The van der Waals surface area contributed by atoms with Crippen molar-refractivity contribution in [2.75, 3.05) is 0 Å². The molecule has 0 aliphatic heterocycles. The lowest BCUT2D eigenvalue weighted by Crippen LogP contribution is -2.09. The maximum Gasteiger partial charge on any atom is 0.387 e. The Morgan fingerprint density at radius 1 is 1.47 bits per heavy atom. The summed E-state index contributed by atoms with van der Waals surface area (Å²) < 4.78 is 28.4. The molecule has 0 amide bonds. The Morgan fingerprint density at radius 3 is 2.59 bits per heavy atom. The first-order valence-electron chi connectivity index (χ1n) is 4.64. The van der Waals surface area contributed by atoms with Crippen LogP contribution in [0, 0.1) is 0 Å². The molecule has 0 bridgehead atoms. The average Bonchev–Trinajstić information content (AvgIpc) is 2.26. The molecule has 1 atom stereocenters. The van der Waals surface area contributed by atoms with Gasteiger partial charge in [0.15, 0.2) is 6.29 Å². The molecule has 1 aromatic carbocycles. The summed E-state index contributed by atoms with van der Waals surface area (Å²) in [6.45, 7) is -1.69. The number of halogens is 3. The van der Waals surface area contributed by atoms with Gasteiger partial charge in [-0.1, -0.05) is 28.1 Å². The quantitative estimate of drug-likeness (QED) is 0.620. The van der Waals surface area contributed by atoms with E-state index < -0.39 is 11.4 Å². The minimum atomic E-state index is -3.02. The van der Waals surface area contributed by atoms with Crippen molar-refractivity contribution in [1.29, 1.82) is 0 Å². The largest absolute Gasteiger partial charge is 0.434 e. The van der Waals surface area contributed by atoms with Crippen LogP contribution in [0.3, 0.4) is 0 Å². The number of ether oxygens (including phenoxy) is 1. The molecule has 0 radical (unpaired) electrons. The molecule has 1 aromatic rings. The normalized spacial score (nSPS) is 12.3. The molecular formula is C11H9BrF2O3. The lowest BCUT2D eigenvalue weighted by atomic mass is 10.0. The standard InChI is InChI=1S/C11H9BrF2O3/c1-6(16)10(12)7-3-2-4-9(8(7)5-15)17-11(13)14/h2-5,10-11H,1H3. The Bertz CT molecular complexity index is 435. The summed E-state index contributed by atoms with van der Waals surface area (Å²) in [5.41, 5.74) is 0.260. The Kier molecular flexibility index (Phi) is 4.74. The zero-order valence-electron chi connectivity index (χ0n) is 8.82. The zero-order valence-corrected chi connectivity index (χ0v) is 10.4. The van der Waals surface area contributed by atoms with Crippen LogP contribution >= 0.6 is 15.9 Å². The van der Waals surface area contributed by atoms with E-state index in [1.54, 1.807) is 0 Å². The first kappa shape index (κ1) is 13.8. The summed E-state index contributed by atoms with van der Waals surface area (Å²) in [6.07, 6.45) is 0.393. The van der Waals surface area contributed by atoms with Crippen LogP contribution in [-0.4, -0.2) is 18.7 Å². The highest BCUT2D eigenvalue weighted by Crippen LogP contribution is 2.31. The number of alkyl halides is 3. The van der Waals surface area contributed by atoms with Gasteiger partial charge in [0.05, 0.1) is 10.4 Å². The fraction of sp³-hybridized carbons (Fsp3) is 0.273. The summed E-state index contributed by atoms with van der Waals surface area (Å²) >= 11 is 3.09. The summed E-state index contributed by atoms with van der Waals surface area (Å²) in [7, 11) is 0. The van der Waals surface area contributed by atoms with E-state index in [0.717, 1.165) is 0 Å². The van der Waals surface area contributed by atoms with E-state index in [0.29, 0.717) is 11.8 Å². The first-order valence-corrected chi connectivity index (χ1v) is 5.56. The summed E-state index contributed by atoms with van der Waals surface area (Å²) in [6, 6.07) is 4.19. The Morgan fingerprint density at radius 2 is 2.12 bits per heavy atom. The van der Waals surface area contributed by atoms with E-state index in [4.69, 9.17) is 0 Å². The van der Waals surface area contributed by atoms with Gasteiger partial charge in [0.2, 0.25) is 0 Å². The Labute approximate surface area is 105 Å². The van der Waals surface area contributed by atoms with Crippen molar-refractivity contribution >= 4 is 28.0 Å². The molecule has 0 heterocycles. The van der Waals surface area contributed by atoms with Gasteiger partial charge in [0, 0.05) is 0 Å². The van der Waals surface area contributed by atoms with Crippen LogP contribution in [0.1, 0.15) is 27.7 Å². The van der Waals surface area contributed by atoms with Crippen LogP contribution in [0.25, 0.3) is 0 Å². The molecule has 0 spiro atoms. The van der Waals surface area contributed by atoms with Gasteiger partial charge in [-0.3, -0.25) is 9.59 Å². The molecule has 0 saturated carbocycles. The number of ketones is 1. The van der Waals surface area contributed by atoms with E-state index in [-0.39, 0.29) is 17.1 Å². The maximum atomic E-state index is 12.1. The Balaban J connectivity index is 3.23. The lowest BCUT2D eigenvalue weighted by molar-refractivity contribution is -0.116. The van der Waals surface area contributed by atoms with Crippen molar-refractivity contribution in [3.05, 3.63) is 29.3 Å². The molecule has 0 aromatic heterocycles. The SMILES string of the molecule is CC(=O)C(Br)c1cccc(OC(F)F)c1C=O. The van der Waals surface area contributed by atoms with Crippen LogP contribution in [-0.2, 0) is 4.79 Å². The van der Waals surface area contributed by atoms with Crippen LogP contribution in [0.2, 0.25) is 0 Å². The number of carbonyl (C=O) groups is 2. The van der Waals surface area contributed by atoms with E-state index in [2.05, 4.69) is 20.7 Å². The van der Waals surface area contributed by atoms with E-state index in [9.17, 15) is 18.4 Å². The lowest BCUT2D eigenvalue weighted by Gasteiger charge is -2.13. The first-order chi connectivity index (χ1) is 7.97. The van der Waals surface area contributed by atoms with Crippen molar-refractivity contribution in [3.8, 4) is 5.75 Å². The fourth-order valence-electron chi connectivity index (χ4n) is 1.33. The molecular weight excluding hydrogens is 298 g/mol. The van der Waals surface area contributed by atoms with Crippen LogP contribution < -0.4 is 4.74 Å². The smallest absolute Gasteiger partial charge is 0.387 e. The molecule has 0 aliphatic carbocycles. The van der Waals surface area contributed by atoms with E-state index in [1.165, 1.54) is 25.1 Å². The fourth-order valence-corrected chi connectivity index (χ4v) is 1.73. The molecule has 92 valence electrons. The molecule has 0 saturated heterocycles. The van der Waals surface area contributed by atoms with Gasteiger partial charge >= 0.3 is 6.61 Å². The minimum absolute atomic E-state index is 0.0510. The number of hydrogen-bond acceptors (Lipinski definition) is 3. The predicted octanol–water partition coefficient (Wildman–Crippen LogP) is 3.13. The highest BCUT2D eigenvalue weighted by molar-refractivity contribution is 9.09. The number of carbonyl (C=O) groups excluding carboxylic acids is 2. The molecule has 1 unspecified atom stereocenters. The third-order valence-electron chi connectivity index (χ3n) is 2.06. The van der Waals surface area contributed by atoms with Crippen LogP contribution in [0.5, 0.6) is 5.75 Å². The van der Waals surface area contributed by atoms with Gasteiger partial charge in [-0.2, -0.15) is 8.78 Å². The third kappa shape index (κ3) is 3.33. The van der Waals surface area contributed by atoms with Gasteiger partial charge in [0.1, 0.15) is 11.5 Å². The number of hydrogen-bond donors (Lipinski definition) is 0.